The molecule has 0 aromatic heterocycles. The Balaban J connectivity index is 1.60. The molecular formula is C18H21N3O2. The van der Waals surface area contributed by atoms with E-state index in [-0.39, 0.29) is 24.4 Å². The van der Waals surface area contributed by atoms with E-state index >= 15 is 0 Å². The van der Waals surface area contributed by atoms with Crippen molar-refractivity contribution >= 4 is 17.6 Å². The van der Waals surface area contributed by atoms with Gasteiger partial charge >= 0.3 is 6.03 Å². The van der Waals surface area contributed by atoms with Crippen molar-refractivity contribution in [3.05, 3.63) is 35.9 Å². The van der Waals surface area contributed by atoms with Gasteiger partial charge in [-0.15, -0.1) is 0 Å². The molecule has 1 aromatic rings. The molecule has 0 radical (unpaired) electrons. The van der Waals surface area contributed by atoms with Crippen LogP contribution in [0.2, 0.25) is 0 Å². The number of benzene rings is 1. The van der Waals surface area contributed by atoms with Gasteiger partial charge in [-0.1, -0.05) is 43.2 Å². The summed E-state index contributed by atoms with van der Waals surface area (Å²) in [5, 5.41) is 0. The van der Waals surface area contributed by atoms with E-state index in [1.165, 1.54) is 6.42 Å². The Hall–Kier alpha value is -2.17. The minimum atomic E-state index is -0.0336. The number of rotatable bonds is 3. The molecule has 2 amide bonds. The second-order valence-electron chi connectivity index (χ2n) is 6.55. The molecule has 2 fully saturated rings. The third-order valence-corrected chi connectivity index (χ3v) is 5.22. The largest absolute Gasteiger partial charge is 0.326 e. The summed E-state index contributed by atoms with van der Waals surface area (Å²) >= 11 is 0. The lowest BCUT2D eigenvalue weighted by molar-refractivity contribution is 0.0786. The molecular weight excluding hydrogens is 290 g/mol. The van der Waals surface area contributed by atoms with Crippen LogP contribution in [0.15, 0.2) is 35.3 Å². The van der Waals surface area contributed by atoms with E-state index in [9.17, 15) is 9.59 Å². The highest BCUT2D eigenvalue weighted by Crippen LogP contribution is 2.36. The fraction of sp³-hybridized carbons (Fsp3) is 0.500. The molecule has 0 spiro atoms. The molecule has 1 aromatic carbocycles. The predicted molar refractivity (Wildman–Crippen MR) is 87.6 cm³/mol. The summed E-state index contributed by atoms with van der Waals surface area (Å²) in [4.78, 5) is 33.6. The highest BCUT2D eigenvalue weighted by Gasteiger charge is 2.47. The normalized spacial score (nSPS) is 26.6. The van der Waals surface area contributed by atoms with E-state index in [0.717, 1.165) is 25.1 Å². The topological polar surface area (TPSA) is 53.0 Å². The number of carbonyl (C=O) groups excluding carboxylic acids is 2. The molecule has 2 atom stereocenters. The summed E-state index contributed by atoms with van der Waals surface area (Å²) in [6.45, 7) is 1.53. The van der Waals surface area contributed by atoms with E-state index in [1.807, 2.05) is 35.2 Å². The highest BCUT2D eigenvalue weighted by atomic mass is 16.2. The third-order valence-electron chi connectivity index (χ3n) is 5.22. The second-order valence-corrected chi connectivity index (χ2v) is 6.55. The number of urea groups is 1. The average molecular weight is 311 g/mol. The molecule has 0 N–H and O–H groups in total. The smallest absolute Gasteiger partial charge is 0.313 e. The van der Waals surface area contributed by atoms with Crippen molar-refractivity contribution < 1.29 is 9.59 Å². The van der Waals surface area contributed by atoms with Gasteiger partial charge in [-0.2, -0.15) is 0 Å². The number of nitrogens with zero attached hydrogens (tertiary/aromatic N) is 3. The summed E-state index contributed by atoms with van der Waals surface area (Å²) in [5.41, 5.74) is 0.675. The molecule has 5 nitrogen and oxygen atoms in total. The third kappa shape index (κ3) is 2.44. The van der Waals surface area contributed by atoms with Gasteiger partial charge in [-0.25, -0.2) is 4.79 Å². The zero-order valence-corrected chi connectivity index (χ0v) is 13.1. The monoisotopic (exact) mass is 311 g/mol. The van der Waals surface area contributed by atoms with E-state index in [1.54, 1.807) is 4.90 Å². The van der Waals surface area contributed by atoms with Crippen LogP contribution in [0, 0.1) is 5.92 Å². The Kier molecular flexibility index (Phi) is 3.63. The molecule has 120 valence electrons. The van der Waals surface area contributed by atoms with Crippen LogP contribution in [0.3, 0.4) is 0 Å². The number of Topliss-reactive ketones (excluding diaryl/α,β-unsaturated/α-hetero) is 1. The van der Waals surface area contributed by atoms with Crippen molar-refractivity contribution in [1.82, 2.24) is 9.80 Å². The van der Waals surface area contributed by atoms with E-state index < -0.39 is 0 Å². The van der Waals surface area contributed by atoms with Gasteiger partial charge in [0.25, 0.3) is 0 Å². The number of hydrogen-bond donors (Lipinski definition) is 0. The highest BCUT2D eigenvalue weighted by molar-refractivity contribution is 6.05. The Morgan fingerprint density at radius 2 is 1.96 bits per heavy atom. The number of aliphatic imine (C=N–C) groups is 1. The van der Waals surface area contributed by atoms with E-state index in [2.05, 4.69) is 4.99 Å². The molecule has 1 saturated carbocycles. The zero-order chi connectivity index (χ0) is 15.8. The van der Waals surface area contributed by atoms with Crippen LogP contribution >= 0.6 is 0 Å². The quantitative estimate of drug-likeness (QED) is 0.806. The maximum absolute atomic E-state index is 12.8. The van der Waals surface area contributed by atoms with Gasteiger partial charge < -0.3 is 4.90 Å². The summed E-state index contributed by atoms with van der Waals surface area (Å²) in [7, 11) is 0. The zero-order valence-electron chi connectivity index (χ0n) is 13.1. The molecule has 2 unspecified atom stereocenters. The first-order valence-corrected chi connectivity index (χ1v) is 8.46. The number of ketones is 1. The molecule has 23 heavy (non-hydrogen) atoms. The molecule has 2 aliphatic heterocycles. The van der Waals surface area contributed by atoms with Crippen molar-refractivity contribution in [3.63, 3.8) is 0 Å². The Morgan fingerprint density at radius 3 is 2.78 bits per heavy atom. The minimum absolute atomic E-state index is 0.0165. The summed E-state index contributed by atoms with van der Waals surface area (Å²) in [6, 6.07) is 9.35. The van der Waals surface area contributed by atoms with E-state index in [4.69, 9.17) is 0 Å². The van der Waals surface area contributed by atoms with Gasteiger partial charge in [0.1, 0.15) is 5.84 Å². The van der Waals surface area contributed by atoms with Crippen molar-refractivity contribution in [2.45, 2.75) is 31.7 Å². The van der Waals surface area contributed by atoms with Crippen LogP contribution in [0.4, 0.5) is 4.79 Å². The molecule has 1 saturated heterocycles. The molecule has 4 rings (SSSR count). The minimum Gasteiger partial charge on any atom is -0.313 e. The Morgan fingerprint density at radius 1 is 1.17 bits per heavy atom. The first-order chi connectivity index (χ1) is 11.3. The van der Waals surface area contributed by atoms with Crippen LogP contribution in [-0.4, -0.2) is 53.1 Å². The van der Waals surface area contributed by atoms with Gasteiger partial charge in [0, 0.05) is 24.1 Å². The number of amidine groups is 1. The van der Waals surface area contributed by atoms with Crippen LogP contribution in [-0.2, 0) is 0 Å². The van der Waals surface area contributed by atoms with Gasteiger partial charge in [0.15, 0.2) is 5.78 Å². The van der Waals surface area contributed by atoms with Crippen LogP contribution < -0.4 is 0 Å². The average Bonchev–Trinajstić information content (AvgIpc) is 3.09. The summed E-state index contributed by atoms with van der Waals surface area (Å²) in [6.07, 6.45) is 4.36. The molecule has 0 bridgehead atoms. The predicted octanol–water partition coefficient (Wildman–Crippen LogP) is 2.58. The van der Waals surface area contributed by atoms with E-state index in [0.29, 0.717) is 24.6 Å². The second kappa shape index (κ2) is 5.80. The first-order valence-electron chi connectivity index (χ1n) is 8.46. The number of amides is 2. The van der Waals surface area contributed by atoms with Gasteiger partial charge in [0.05, 0.1) is 13.1 Å². The molecule has 3 aliphatic rings. The maximum atomic E-state index is 12.8. The van der Waals surface area contributed by atoms with Gasteiger partial charge in [-0.3, -0.25) is 14.7 Å². The molecule has 5 heteroatoms. The van der Waals surface area contributed by atoms with Crippen molar-refractivity contribution in [2.75, 3.05) is 19.6 Å². The SMILES string of the molecule is O=C(CN1C(=O)N2CCN=C2C2CCCCC21)c1ccccc1. The summed E-state index contributed by atoms with van der Waals surface area (Å²) < 4.78 is 0. The number of fused-ring (bicyclic) bond motifs is 3. The fourth-order valence-electron chi connectivity index (χ4n) is 4.11. The van der Waals surface area contributed by atoms with Crippen molar-refractivity contribution in [2.24, 2.45) is 10.9 Å². The lowest BCUT2D eigenvalue weighted by Crippen LogP contribution is -2.62. The van der Waals surface area contributed by atoms with Crippen LogP contribution in [0.25, 0.3) is 0 Å². The maximum Gasteiger partial charge on any atom is 0.326 e. The standard InChI is InChI=1S/C18H21N3O2/c22-16(13-6-2-1-3-7-13)12-21-15-9-5-4-8-14(15)17-19-10-11-20(17)18(21)23/h1-3,6-7,14-15H,4-5,8-12H2. The van der Waals surface area contributed by atoms with Crippen LogP contribution in [0.1, 0.15) is 36.0 Å². The van der Waals surface area contributed by atoms with Gasteiger partial charge in [-0.05, 0) is 12.8 Å². The number of hydrogen-bond acceptors (Lipinski definition) is 3. The van der Waals surface area contributed by atoms with Crippen molar-refractivity contribution in [1.29, 1.82) is 0 Å². The van der Waals surface area contributed by atoms with Crippen molar-refractivity contribution in [3.8, 4) is 0 Å². The molecule has 2 heterocycles. The summed E-state index contributed by atoms with van der Waals surface area (Å²) in [5.74, 6) is 1.30. The Labute approximate surface area is 136 Å². The number of carbonyl (C=O) groups is 2. The lowest BCUT2D eigenvalue weighted by Gasteiger charge is -2.47. The Bertz CT molecular complexity index is 655. The lowest BCUT2D eigenvalue weighted by atomic mass is 9.81. The molecule has 1 aliphatic carbocycles. The van der Waals surface area contributed by atoms with Crippen LogP contribution in [0.5, 0.6) is 0 Å². The van der Waals surface area contributed by atoms with Gasteiger partial charge in [0.2, 0.25) is 0 Å². The first kappa shape index (κ1) is 14.4. The fourth-order valence-corrected chi connectivity index (χ4v) is 4.11.